The molecule has 3 rings (SSSR count). The van der Waals surface area contributed by atoms with Crippen molar-refractivity contribution in [3.8, 4) is 0 Å². The molecule has 1 heterocycles. The standard InChI is InChI=1S/C21H29F2N3O2.C2HF3O2/c22-18-8-7-16(15-19(18)23)21(28)26(17-5-3-1-2-4-6-17)12-9-20(27)25-13-10-24-11-14-25;3-2(4,5)1(6)7/h7-8,15,17,24H,1-6,9-14H2;(H,6,7). The zero-order valence-electron chi connectivity index (χ0n) is 19.3. The normalized spacial score (nSPS) is 17.1. The van der Waals surface area contributed by atoms with E-state index >= 15 is 0 Å². The van der Waals surface area contributed by atoms with E-state index in [0.717, 1.165) is 63.7 Å². The first kappa shape index (κ1) is 28.5. The SMILES string of the molecule is O=C(CCN(C(=O)c1ccc(F)c(F)c1)C1CCCCCC1)N1CCNCC1.O=C(O)C(F)(F)F. The van der Waals surface area contributed by atoms with Gasteiger partial charge in [-0.25, -0.2) is 13.6 Å². The van der Waals surface area contributed by atoms with Gasteiger partial charge in [-0.05, 0) is 31.0 Å². The monoisotopic (exact) mass is 507 g/mol. The van der Waals surface area contributed by atoms with E-state index in [9.17, 15) is 31.5 Å². The lowest BCUT2D eigenvalue weighted by Crippen LogP contribution is -2.48. The second kappa shape index (κ2) is 13.4. The quantitative estimate of drug-likeness (QED) is 0.470. The fourth-order valence-electron chi connectivity index (χ4n) is 4.10. The topological polar surface area (TPSA) is 90.0 Å². The molecule has 1 saturated carbocycles. The number of piperazine rings is 1. The van der Waals surface area contributed by atoms with Gasteiger partial charge in [0.25, 0.3) is 5.91 Å². The maximum Gasteiger partial charge on any atom is 0.490 e. The average Bonchev–Trinajstić information content (AvgIpc) is 3.10. The number of nitrogens with zero attached hydrogens (tertiary/aromatic N) is 2. The molecule has 0 atom stereocenters. The van der Waals surface area contributed by atoms with Crippen LogP contribution in [-0.4, -0.2) is 77.6 Å². The van der Waals surface area contributed by atoms with Gasteiger partial charge in [0, 0.05) is 50.7 Å². The number of carbonyl (C=O) groups excluding carboxylic acids is 2. The Kier molecular flexibility index (Phi) is 10.9. The van der Waals surface area contributed by atoms with Crippen molar-refractivity contribution >= 4 is 17.8 Å². The Morgan fingerprint density at radius 2 is 1.57 bits per heavy atom. The highest BCUT2D eigenvalue weighted by atomic mass is 19.4. The highest BCUT2D eigenvalue weighted by molar-refractivity contribution is 5.94. The molecule has 0 unspecified atom stereocenters. The van der Waals surface area contributed by atoms with Gasteiger partial charge in [0.15, 0.2) is 11.6 Å². The molecule has 2 aliphatic rings. The Morgan fingerprint density at radius 1 is 1.00 bits per heavy atom. The number of nitrogens with one attached hydrogen (secondary N) is 1. The molecule has 196 valence electrons. The van der Waals surface area contributed by atoms with Crippen LogP contribution in [0.4, 0.5) is 22.0 Å². The van der Waals surface area contributed by atoms with Crippen molar-refractivity contribution < 1.29 is 41.4 Å². The summed E-state index contributed by atoms with van der Waals surface area (Å²) in [5, 5.41) is 10.3. The summed E-state index contributed by atoms with van der Waals surface area (Å²) in [5.41, 5.74) is 0.137. The van der Waals surface area contributed by atoms with E-state index in [4.69, 9.17) is 9.90 Å². The molecule has 12 heteroatoms. The molecule has 7 nitrogen and oxygen atoms in total. The van der Waals surface area contributed by atoms with E-state index in [2.05, 4.69) is 5.32 Å². The summed E-state index contributed by atoms with van der Waals surface area (Å²) >= 11 is 0. The smallest absolute Gasteiger partial charge is 0.475 e. The highest BCUT2D eigenvalue weighted by Crippen LogP contribution is 2.24. The summed E-state index contributed by atoms with van der Waals surface area (Å²) in [6.07, 6.45) is 1.31. The van der Waals surface area contributed by atoms with E-state index in [1.165, 1.54) is 6.07 Å². The predicted octanol–water partition coefficient (Wildman–Crippen LogP) is 3.59. The number of amides is 2. The second-order valence-corrected chi connectivity index (χ2v) is 8.46. The van der Waals surface area contributed by atoms with Crippen LogP contribution in [0, 0.1) is 11.6 Å². The number of rotatable bonds is 5. The number of aliphatic carboxylic acids is 1. The molecule has 1 aromatic rings. The van der Waals surface area contributed by atoms with Crippen molar-refractivity contribution in [1.82, 2.24) is 15.1 Å². The molecule has 0 aromatic heterocycles. The zero-order chi connectivity index (χ0) is 26.0. The molecular weight excluding hydrogens is 477 g/mol. The average molecular weight is 508 g/mol. The minimum Gasteiger partial charge on any atom is -0.475 e. The van der Waals surface area contributed by atoms with Gasteiger partial charge in [0.1, 0.15) is 0 Å². The van der Waals surface area contributed by atoms with Crippen LogP contribution in [0.25, 0.3) is 0 Å². The van der Waals surface area contributed by atoms with E-state index in [1.54, 1.807) is 4.90 Å². The van der Waals surface area contributed by atoms with Gasteiger partial charge in [0.05, 0.1) is 0 Å². The van der Waals surface area contributed by atoms with E-state index in [0.29, 0.717) is 19.6 Å². The molecule has 2 amide bonds. The van der Waals surface area contributed by atoms with Crippen LogP contribution in [-0.2, 0) is 9.59 Å². The molecule has 2 fully saturated rings. The number of hydrogen-bond acceptors (Lipinski definition) is 4. The number of alkyl halides is 3. The Balaban J connectivity index is 0.000000540. The Hall–Kier alpha value is -2.76. The van der Waals surface area contributed by atoms with Gasteiger partial charge in [-0.2, -0.15) is 13.2 Å². The molecule has 0 bridgehead atoms. The van der Waals surface area contributed by atoms with Crippen molar-refractivity contribution in [1.29, 1.82) is 0 Å². The van der Waals surface area contributed by atoms with Crippen LogP contribution in [0.1, 0.15) is 55.3 Å². The van der Waals surface area contributed by atoms with Crippen molar-refractivity contribution in [2.75, 3.05) is 32.7 Å². The largest absolute Gasteiger partial charge is 0.490 e. The van der Waals surface area contributed by atoms with E-state index < -0.39 is 23.8 Å². The maximum atomic E-state index is 13.7. The number of hydrogen-bond donors (Lipinski definition) is 2. The van der Waals surface area contributed by atoms with Crippen molar-refractivity contribution in [2.24, 2.45) is 0 Å². The summed E-state index contributed by atoms with van der Waals surface area (Å²) < 4.78 is 58.7. The first-order valence-electron chi connectivity index (χ1n) is 11.6. The summed E-state index contributed by atoms with van der Waals surface area (Å²) in [6.45, 7) is 3.24. The number of carboxylic acids is 1. The molecule has 1 aliphatic carbocycles. The molecule has 1 aliphatic heterocycles. The van der Waals surface area contributed by atoms with Crippen LogP contribution in [0.5, 0.6) is 0 Å². The fourth-order valence-corrected chi connectivity index (χ4v) is 4.10. The van der Waals surface area contributed by atoms with Crippen LogP contribution in [0.15, 0.2) is 18.2 Å². The third-order valence-electron chi connectivity index (χ3n) is 5.97. The first-order valence-corrected chi connectivity index (χ1v) is 11.6. The van der Waals surface area contributed by atoms with Gasteiger partial charge in [-0.1, -0.05) is 25.7 Å². The fraction of sp³-hybridized carbons (Fsp3) is 0.609. The Bertz CT molecular complexity index is 867. The lowest BCUT2D eigenvalue weighted by atomic mass is 10.0. The summed E-state index contributed by atoms with van der Waals surface area (Å²) in [4.78, 5) is 38.1. The summed E-state index contributed by atoms with van der Waals surface area (Å²) in [7, 11) is 0. The molecule has 1 aromatic carbocycles. The summed E-state index contributed by atoms with van der Waals surface area (Å²) in [5.74, 6) is -5.03. The molecule has 2 N–H and O–H groups in total. The Morgan fingerprint density at radius 3 is 2.09 bits per heavy atom. The lowest BCUT2D eigenvalue weighted by molar-refractivity contribution is -0.192. The number of carboxylic acid groups (broad SMARTS) is 1. The third-order valence-corrected chi connectivity index (χ3v) is 5.97. The number of carbonyl (C=O) groups is 3. The van der Waals surface area contributed by atoms with Crippen LogP contribution >= 0.6 is 0 Å². The number of benzene rings is 1. The molecule has 35 heavy (non-hydrogen) atoms. The third kappa shape index (κ3) is 9.08. The van der Waals surface area contributed by atoms with Crippen LogP contribution in [0.3, 0.4) is 0 Å². The minimum atomic E-state index is -5.08. The van der Waals surface area contributed by atoms with Crippen LogP contribution in [0.2, 0.25) is 0 Å². The van der Waals surface area contributed by atoms with Gasteiger partial charge < -0.3 is 20.2 Å². The van der Waals surface area contributed by atoms with Crippen molar-refractivity contribution in [3.05, 3.63) is 35.4 Å². The van der Waals surface area contributed by atoms with E-state index in [1.807, 2.05) is 4.90 Å². The number of halogens is 5. The first-order chi connectivity index (χ1) is 16.5. The van der Waals surface area contributed by atoms with Gasteiger partial charge in [-0.15, -0.1) is 0 Å². The molecule has 0 radical (unpaired) electrons. The maximum absolute atomic E-state index is 13.7. The molecule has 0 spiro atoms. The molecule has 1 saturated heterocycles. The Labute approximate surface area is 200 Å². The van der Waals surface area contributed by atoms with Crippen molar-refractivity contribution in [2.45, 2.75) is 57.2 Å². The van der Waals surface area contributed by atoms with Gasteiger partial charge >= 0.3 is 12.1 Å². The zero-order valence-corrected chi connectivity index (χ0v) is 19.3. The predicted molar refractivity (Wildman–Crippen MR) is 117 cm³/mol. The second-order valence-electron chi connectivity index (χ2n) is 8.46. The van der Waals surface area contributed by atoms with Crippen LogP contribution < -0.4 is 5.32 Å². The molecular formula is C23H30F5N3O4. The van der Waals surface area contributed by atoms with Gasteiger partial charge in [-0.3, -0.25) is 9.59 Å². The van der Waals surface area contributed by atoms with Crippen molar-refractivity contribution in [3.63, 3.8) is 0 Å². The highest BCUT2D eigenvalue weighted by Gasteiger charge is 2.38. The minimum absolute atomic E-state index is 0.0400. The summed E-state index contributed by atoms with van der Waals surface area (Å²) in [6, 6.07) is 3.31. The van der Waals surface area contributed by atoms with Gasteiger partial charge in [0.2, 0.25) is 5.91 Å². The lowest BCUT2D eigenvalue weighted by Gasteiger charge is -2.33. The van der Waals surface area contributed by atoms with E-state index in [-0.39, 0.29) is 29.8 Å².